The molecule has 0 aliphatic rings. The second kappa shape index (κ2) is 11.3. The Hall–Kier alpha value is -4.51. The van der Waals surface area contributed by atoms with E-state index < -0.39 is 48.2 Å². The molecule has 3 heterocycles. The van der Waals surface area contributed by atoms with E-state index in [2.05, 4.69) is 32.4 Å². The van der Waals surface area contributed by atoms with Crippen molar-refractivity contribution in [3.05, 3.63) is 66.1 Å². The summed E-state index contributed by atoms with van der Waals surface area (Å²) >= 11 is 4.51. The van der Waals surface area contributed by atoms with E-state index in [0.717, 1.165) is 0 Å². The molecule has 0 radical (unpaired) electrons. The number of nitrogens with zero attached hydrogens (tertiary/aromatic N) is 5. The maximum Gasteiger partial charge on any atom is 0.428 e. The van der Waals surface area contributed by atoms with Gasteiger partial charge in [-0.15, -0.1) is 0 Å². The van der Waals surface area contributed by atoms with Crippen LogP contribution in [0.3, 0.4) is 0 Å². The first-order chi connectivity index (χ1) is 18.9. The van der Waals surface area contributed by atoms with Gasteiger partial charge in [-0.1, -0.05) is 35.6 Å². The predicted octanol–water partition coefficient (Wildman–Crippen LogP) is 2.43. The quantitative estimate of drug-likeness (QED) is 0.162. The highest BCUT2D eigenvalue weighted by Gasteiger charge is 2.59. The molecular formula is C23H19F5N8O3S. The van der Waals surface area contributed by atoms with Crippen LogP contribution in [-0.4, -0.2) is 65.8 Å². The summed E-state index contributed by atoms with van der Waals surface area (Å²) in [5, 5.41) is 22.1. The minimum Gasteiger partial charge on any atom is -0.392 e. The van der Waals surface area contributed by atoms with Crippen LogP contribution in [0.1, 0.15) is 5.56 Å². The lowest BCUT2D eigenvalue weighted by Gasteiger charge is -2.29. The minimum absolute atomic E-state index is 0.0256. The van der Waals surface area contributed by atoms with Crippen LogP contribution in [0.2, 0.25) is 0 Å². The first-order valence-corrected chi connectivity index (χ1v) is 11.6. The van der Waals surface area contributed by atoms with Crippen LogP contribution in [0.25, 0.3) is 22.9 Å². The number of anilines is 1. The SMILES string of the molecule is NC(=S)CNC(=O)C(O)(CNc1nc(-c2cc(-c3ccon3)n(Cc3ccccc3F)n2)ncc1F)C(F)(F)F. The van der Waals surface area contributed by atoms with Gasteiger partial charge in [-0.2, -0.15) is 18.3 Å². The van der Waals surface area contributed by atoms with Crippen molar-refractivity contribution in [1.82, 2.24) is 30.2 Å². The number of nitrogens with one attached hydrogen (secondary N) is 2. The van der Waals surface area contributed by atoms with Crippen molar-refractivity contribution in [2.45, 2.75) is 18.3 Å². The Morgan fingerprint density at radius 1 is 1.15 bits per heavy atom. The predicted molar refractivity (Wildman–Crippen MR) is 133 cm³/mol. The summed E-state index contributed by atoms with van der Waals surface area (Å²) in [5.74, 6) is -4.54. The van der Waals surface area contributed by atoms with E-state index >= 15 is 0 Å². The van der Waals surface area contributed by atoms with Crippen molar-refractivity contribution in [2.24, 2.45) is 5.73 Å². The molecule has 0 spiro atoms. The van der Waals surface area contributed by atoms with Gasteiger partial charge < -0.3 is 26.0 Å². The summed E-state index contributed by atoms with van der Waals surface area (Å²) in [7, 11) is 0. The third-order valence-electron chi connectivity index (χ3n) is 5.51. The fourth-order valence-corrected chi connectivity index (χ4v) is 3.51. The summed E-state index contributed by atoms with van der Waals surface area (Å²) < 4.78 is 75.9. The van der Waals surface area contributed by atoms with Crippen LogP contribution in [-0.2, 0) is 11.3 Å². The van der Waals surface area contributed by atoms with Crippen molar-refractivity contribution in [1.29, 1.82) is 0 Å². The second-order valence-corrected chi connectivity index (χ2v) is 8.82. The number of hydrogen-bond acceptors (Lipinski definition) is 9. The van der Waals surface area contributed by atoms with Gasteiger partial charge in [0.1, 0.15) is 23.5 Å². The average molecular weight is 583 g/mol. The fourth-order valence-electron chi connectivity index (χ4n) is 3.43. The number of hydrogen-bond donors (Lipinski definition) is 4. The van der Waals surface area contributed by atoms with Crippen molar-refractivity contribution in [2.75, 3.05) is 18.4 Å². The van der Waals surface area contributed by atoms with Crippen LogP contribution in [0.5, 0.6) is 0 Å². The van der Waals surface area contributed by atoms with Gasteiger partial charge in [-0.3, -0.25) is 9.48 Å². The molecule has 5 N–H and O–H groups in total. The topological polar surface area (TPSA) is 157 Å². The smallest absolute Gasteiger partial charge is 0.392 e. The summed E-state index contributed by atoms with van der Waals surface area (Å²) in [6.45, 7) is -2.18. The fraction of sp³-hybridized carbons (Fsp3) is 0.217. The number of amides is 1. The summed E-state index contributed by atoms with van der Waals surface area (Å²) in [6, 6.07) is 8.90. The van der Waals surface area contributed by atoms with Crippen LogP contribution < -0.4 is 16.4 Å². The van der Waals surface area contributed by atoms with E-state index in [1.54, 1.807) is 17.4 Å². The molecule has 1 aromatic carbocycles. The molecule has 17 heteroatoms. The number of aliphatic hydroxyl groups is 1. The molecule has 1 amide bonds. The lowest BCUT2D eigenvalue weighted by atomic mass is 10.0. The molecule has 1 unspecified atom stereocenters. The molecule has 40 heavy (non-hydrogen) atoms. The Labute approximate surface area is 227 Å². The van der Waals surface area contributed by atoms with E-state index in [1.807, 2.05) is 5.32 Å². The van der Waals surface area contributed by atoms with Crippen LogP contribution in [0, 0.1) is 11.6 Å². The second-order valence-electron chi connectivity index (χ2n) is 8.30. The molecule has 0 saturated heterocycles. The number of nitrogens with two attached hydrogens (primary N) is 1. The monoisotopic (exact) mass is 582 g/mol. The zero-order chi connectivity index (χ0) is 29.1. The van der Waals surface area contributed by atoms with E-state index in [1.165, 1.54) is 35.2 Å². The van der Waals surface area contributed by atoms with E-state index in [0.29, 0.717) is 17.6 Å². The van der Waals surface area contributed by atoms with Gasteiger partial charge in [0.25, 0.3) is 11.5 Å². The zero-order valence-corrected chi connectivity index (χ0v) is 20.9. The maximum atomic E-state index is 14.5. The molecule has 1 atom stereocenters. The van der Waals surface area contributed by atoms with Gasteiger partial charge >= 0.3 is 6.18 Å². The number of halogens is 5. The molecule has 0 aliphatic carbocycles. The maximum absolute atomic E-state index is 14.5. The van der Waals surface area contributed by atoms with Crippen LogP contribution in [0.15, 0.2) is 53.4 Å². The number of benzene rings is 1. The van der Waals surface area contributed by atoms with Gasteiger partial charge in [0.05, 0.1) is 36.5 Å². The number of rotatable bonds is 10. The number of carbonyl (C=O) groups excluding carboxylic acids is 1. The van der Waals surface area contributed by atoms with E-state index in [-0.39, 0.29) is 28.6 Å². The highest BCUT2D eigenvalue weighted by atomic mass is 32.1. The minimum atomic E-state index is -5.47. The molecule has 210 valence electrons. The normalized spacial score (nSPS) is 13.1. The Balaban J connectivity index is 1.65. The molecule has 11 nitrogen and oxygen atoms in total. The third-order valence-corrected chi connectivity index (χ3v) is 5.66. The van der Waals surface area contributed by atoms with Gasteiger partial charge in [0, 0.05) is 11.6 Å². The summed E-state index contributed by atoms with van der Waals surface area (Å²) in [5.41, 5.74) is 2.15. The van der Waals surface area contributed by atoms with Gasteiger partial charge in [-0.25, -0.2) is 18.7 Å². The molecule has 0 fully saturated rings. The molecule has 3 aromatic heterocycles. The highest BCUT2D eigenvalue weighted by Crippen LogP contribution is 2.32. The van der Waals surface area contributed by atoms with Crippen molar-refractivity contribution in [3.63, 3.8) is 0 Å². The zero-order valence-electron chi connectivity index (χ0n) is 20.1. The van der Waals surface area contributed by atoms with Crippen molar-refractivity contribution < 1.29 is 36.4 Å². The number of thiocarbonyl (C=S) groups is 1. The van der Waals surface area contributed by atoms with Crippen LogP contribution in [0.4, 0.5) is 27.8 Å². The Bertz CT molecular complexity index is 1530. The van der Waals surface area contributed by atoms with E-state index in [9.17, 15) is 31.9 Å². The average Bonchev–Trinajstić information content (AvgIpc) is 3.57. The van der Waals surface area contributed by atoms with Crippen molar-refractivity contribution in [3.8, 4) is 22.9 Å². The first kappa shape index (κ1) is 28.5. The lowest BCUT2D eigenvalue weighted by molar-refractivity contribution is -0.246. The summed E-state index contributed by atoms with van der Waals surface area (Å²) in [4.78, 5) is 19.5. The molecular weight excluding hydrogens is 563 g/mol. The Kier molecular flexibility index (Phi) is 8.06. The van der Waals surface area contributed by atoms with Crippen molar-refractivity contribution >= 4 is 28.9 Å². The molecule has 4 aromatic rings. The molecule has 4 rings (SSSR count). The van der Waals surface area contributed by atoms with Gasteiger partial charge in [0.15, 0.2) is 17.5 Å². The third kappa shape index (κ3) is 6.04. The molecule has 0 saturated carbocycles. The largest absolute Gasteiger partial charge is 0.428 e. The Morgan fingerprint density at radius 3 is 2.55 bits per heavy atom. The standard InChI is InChI=1S/C23H19F5N8O3S/c24-13-4-2-1-3-12(13)10-36-17(15-5-6-39-35-15)7-16(34-36)20-30-8-14(25)19(33-20)32-11-22(38,23(26,27)28)21(37)31-9-18(29)40/h1-8,38H,9-11H2,(H2,29,40)(H,31,37)(H,30,32,33). The first-order valence-electron chi connectivity index (χ1n) is 11.2. The lowest BCUT2D eigenvalue weighted by Crippen LogP contribution is -2.61. The van der Waals surface area contributed by atoms with E-state index in [4.69, 9.17) is 10.3 Å². The molecule has 0 bridgehead atoms. The number of alkyl halides is 3. The number of aromatic nitrogens is 5. The van der Waals surface area contributed by atoms with Gasteiger partial charge in [0.2, 0.25) is 0 Å². The highest BCUT2D eigenvalue weighted by molar-refractivity contribution is 7.80. The van der Waals surface area contributed by atoms with Gasteiger partial charge in [-0.05, 0) is 12.1 Å². The Morgan fingerprint density at radius 2 is 1.90 bits per heavy atom. The molecule has 0 aliphatic heterocycles. The number of carbonyl (C=O) groups is 1. The summed E-state index contributed by atoms with van der Waals surface area (Å²) in [6.07, 6.45) is -3.51. The van der Waals surface area contributed by atoms with Crippen LogP contribution >= 0.6 is 12.2 Å².